The third-order valence-corrected chi connectivity index (χ3v) is 4.12. The van der Waals surface area contributed by atoms with Gasteiger partial charge in [-0.2, -0.15) is 13.2 Å². The van der Waals surface area contributed by atoms with Crippen molar-refractivity contribution >= 4 is 10.9 Å². The molecule has 0 aliphatic rings. The van der Waals surface area contributed by atoms with Crippen LogP contribution < -0.4 is 5.56 Å². The molecule has 0 amide bonds. The molecule has 1 aromatic heterocycles. The van der Waals surface area contributed by atoms with Crippen LogP contribution in [0.25, 0.3) is 22.3 Å². The first-order valence-electron chi connectivity index (χ1n) is 8.19. The fraction of sp³-hybridized carbons (Fsp3) is 0.263. The number of nitrogens with zero attached hydrogens (tertiary/aromatic N) is 2. The molecule has 0 saturated carbocycles. The van der Waals surface area contributed by atoms with Crippen LogP contribution in [0.5, 0.6) is 0 Å². The van der Waals surface area contributed by atoms with Crippen LogP contribution in [0.3, 0.4) is 0 Å². The summed E-state index contributed by atoms with van der Waals surface area (Å²) in [4.78, 5) is 17.1. The van der Waals surface area contributed by atoms with Crippen molar-refractivity contribution in [1.82, 2.24) is 9.55 Å². The Balaban J connectivity index is 2.36. The minimum absolute atomic E-state index is 0.102. The first kappa shape index (κ1) is 18.1. The first-order chi connectivity index (χ1) is 12.3. The molecule has 0 radical (unpaired) electrons. The van der Waals surface area contributed by atoms with E-state index in [0.29, 0.717) is 23.4 Å². The summed E-state index contributed by atoms with van der Waals surface area (Å²) in [5.74, 6) is -1.10. The van der Waals surface area contributed by atoms with Gasteiger partial charge in [0.15, 0.2) is 0 Å². The van der Waals surface area contributed by atoms with Crippen molar-refractivity contribution in [3.8, 4) is 11.4 Å². The molecule has 0 spiro atoms. The molecular formula is C19H16F4N2O. The van der Waals surface area contributed by atoms with Gasteiger partial charge in [-0.25, -0.2) is 9.37 Å². The lowest BCUT2D eigenvalue weighted by Gasteiger charge is -2.17. The molecule has 0 saturated heterocycles. The van der Waals surface area contributed by atoms with E-state index in [1.165, 1.54) is 4.57 Å². The highest BCUT2D eigenvalue weighted by atomic mass is 19.4. The van der Waals surface area contributed by atoms with Gasteiger partial charge in [-0.05, 0) is 36.8 Å². The second-order valence-corrected chi connectivity index (χ2v) is 5.95. The van der Waals surface area contributed by atoms with Gasteiger partial charge in [0, 0.05) is 12.1 Å². The number of alkyl halides is 3. The normalized spacial score (nSPS) is 11.9. The monoisotopic (exact) mass is 364 g/mol. The van der Waals surface area contributed by atoms with Gasteiger partial charge in [-0.1, -0.05) is 25.5 Å². The van der Waals surface area contributed by atoms with E-state index in [-0.39, 0.29) is 17.9 Å². The van der Waals surface area contributed by atoms with E-state index >= 15 is 0 Å². The maximum absolute atomic E-state index is 13.4. The predicted octanol–water partition coefficient (Wildman–Crippen LogP) is 5.02. The summed E-state index contributed by atoms with van der Waals surface area (Å²) >= 11 is 0. The topological polar surface area (TPSA) is 34.9 Å². The van der Waals surface area contributed by atoms with E-state index in [1.54, 1.807) is 24.3 Å². The van der Waals surface area contributed by atoms with Gasteiger partial charge in [-0.15, -0.1) is 0 Å². The molecule has 136 valence electrons. The van der Waals surface area contributed by atoms with Gasteiger partial charge < -0.3 is 0 Å². The number of halogens is 4. The van der Waals surface area contributed by atoms with Crippen LogP contribution in [0.2, 0.25) is 0 Å². The Kier molecular flexibility index (Phi) is 4.80. The molecule has 0 atom stereocenters. The molecule has 0 aliphatic carbocycles. The Morgan fingerprint density at radius 1 is 1.12 bits per heavy atom. The summed E-state index contributed by atoms with van der Waals surface area (Å²) in [7, 11) is 0. The number of hydrogen-bond donors (Lipinski definition) is 0. The number of aromatic nitrogens is 2. The maximum Gasteiger partial charge on any atom is 0.417 e. The Labute approximate surface area is 146 Å². The number of hydrogen-bond acceptors (Lipinski definition) is 2. The molecule has 2 aromatic carbocycles. The second-order valence-electron chi connectivity index (χ2n) is 5.95. The standard InChI is InChI=1S/C19H16F4N2O/c1-2-3-10-25-17(24-16-7-5-4-6-14(16)18(25)26)13-9-8-12(20)11-15(13)19(21,22)23/h4-9,11H,2-3,10H2,1H3. The minimum Gasteiger partial charge on any atom is -0.292 e. The van der Waals surface area contributed by atoms with E-state index in [9.17, 15) is 22.4 Å². The number of unbranched alkanes of at least 4 members (excludes halogenated alkanes) is 1. The van der Waals surface area contributed by atoms with Crippen molar-refractivity contribution in [2.75, 3.05) is 0 Å². The van der Waals surface area contributed by atoms with E-state index in [2.05, 4.69) is 4.98 Å². The number of rotatable bonds is 4. The highest BCUT2D eigenvalue weighted by molar-refractivity contribution is 5.80. The van der Waals surface area contributed by atoms with Gasteiger partial charge in [0.2, 0.25) is 0 Å². The van der Waals surface area contributed by atoms with Crippen molar-refractivity contribution in [1.29, 1.82) is 0 Å². The third kappa shape index (κ3) is 3.34. The zero-order valence-corrected chi connectivity index (χ0v) is 14.0. The largest absolute Gasteiger partial charge is 0.417 e. The highest BCUT2D eigenvalue weighted by Crippen LogP contribution is 2.37. The Morgan fingerprint density at radius 2 is 1.85 bits per heavy atom. The van der Waals surface area contributed by atoms with E-state index in [1.807, 2.05) is 6.92 Å². The first-order valence-corrected chi connectivity index (χ1v) is 8.19. The van der Waals surface area contributed by atoms with Crippen molar-refractivity contribution in [3.63, 3.8) is 0 Å². The fourth-order valence-electron chi connectivity index (χ4n) is 2.84. The van der Waals surface area contributed by atoms with Gasteiger partial charge in [-0.3, -0.25) is 9.36 Å². The summed E-state index contributed by atoms with van der Waals surface area (Å²) in [5, 5.41) is 0.336. The smallest absolute Gasteiger partial charge is 0.292 e. The third-order valence-electron chi connectivity index (χ3n) is 4.12. The lowest BCUT2D eigenvalue weighted by molar-refractivity contribution is -0.137. The van der Waals surface area contributed by atoms with Crippen molar-refractivity contribution in [3.05, 3.63) is 64.2 Å². The summed E-state index contributed by atoms with van der Waals surface area (Å²) in [6.07, 6.45) is -3.40. The fourth-order valence-corrected chi connectivity index (χ4v) is 2.84. The molecule has 0 bridgehead atoms. The van der Waals surface area contributed by atoms with Gasteiger partial charge >= 0.3 is 6.18 Å². The van der Waals surface area contributed by atoms with Crippen molar-refractivity contribution < 1.29 is 17.6 Å². The average Bonchev–Trinajstić information content (AvgIpc) is 2.60. The zero-order chi connectivity index (χ0) is 18.9. The summed E-state index contributed by atoms with van der Waals surface area (Å²) in [5.41, 5.74) is -1.56. The zero-order valence-electron chi connectivity index (χ0n) is 14.0. The van der Waals surface area contributed by atoms with Crippen LogP contribution in [0.4, 0.5) is 17.6 Å². The molecule has 3 rings (SSSR count). The minimum atomic E-state index is -4.77. The van der Waals surface area contributed by atoms with Gasteiger partial charge in [0.25, 0.3) is 5.56 Å². The van der Waals surface area contributed by atoms with Gasteiger partial charge in [0.1, 0.15) is 11.6 Å². The predicted molar refractivity (Wildman–Crippen MR) is 91.3 cm³/mol. The van der Waals surface area contributed by atoms with Crippen molar-refractivity contribution in [2.24, 2.45) is 0 Å². The number of benzene rings is 2. The highest BCUT2D eigenvalue weighted by Gasteiger charge is 2.35. The Bertz CT molecular complexity index is 1010. The SMILES string of the molecule is CCCCn1c(-c2ccc(F)cc2C(F)(F)F)nc2ccccc2c1=O. The van der Waals surface area contributed by atoms with Crippen LogP contribution in [-0.2, 0) is 12.7 Å². The van der Waals surface area contributed by atoms with Crippen LogP contribution in [0.1, 0.15) is 25.3 Å². The van der Waals surface area contributed by atoms with Crippen LogP contribution in [-0.4, -0.2) is 9.55 Å². The van der Waals surface area contributed by atoms with E-state index in [4.69, 9.17) is 0 Å². The molecule has 0 unspecified atom stereocenters. The maximum atomic E-state index is 13.4. The second kappa shape index (κ2) is 6.90. The number of fused-ring (bicyclic) bond motifs is 1. The van der Waals surface area contributed by atoms with Crippen LogP contribution in [0, 0.1) is 5.82 Å². The molecule has 7 heteroatoms. The molecule has 0 fully saturated rings. The molecule has 3 nitrogen and oxygen atoms in total. The summed E-state index contributed by atoms with van der Waals surface area (Å²) < 4.78 is 55.0. The lowest BCUT2D eigenvalue weighted by atomic mass is 10.0. The summed E-state index contributed by atoms with van der Waals surface area (Å²) in [6, 6.07) is 8.89. The lowest BCUT2D eigenvalue weighted by Crippen LogP contribution is -2.24. The van der Waals surface area contributed by atoms with Crippen molar-refractivity contribution in [2.45, 2.75) is 32.5 Å². The molecule has 0 aliphatic heterocycles. The molecule has 26 heavy (non-hydrogen) atoms. The quantitative estimate of drug-likeness (QED) is 0.609. The Hall–Kier alpha value is -2.70. The molecule has 3 aromatic rings. The van der Waals surface area contributed by atoms with Crippen LogP contribution >= 0.6 is 0 Å². The summed E-state index contributed by atoms with van der Waals surface area (Å²) in [6.45, 7) is 2.15. The molecule has 0 N–H and O–H groups in total. The number of para-hydroxylation sites is 1. The van der Waals surface area contributed by atoms with Crippen LogP contribution in [0.15, 0.2) is 47.3 Å². The molecular weight excluding hydrogens is 348 g/mol. The molecule has 1 heterocycles. The van der Waals surface area contributed by atoms with E-state index < -0.39 is 23.1 Å². The average molecular weight is 364 g/mol. The Morgan fingerprint density at radius 3 is 2.54 bits per heavy atom. The van der Waals surface area contributed by atoms with Gasteiger partial charge in [0.05, 0.1) is 16.5 Å². The van der Waals surface area contributed by atoms with E-state index in [0.717, 1.165) is 18.6 Å².